The fourth-order valence-corrected chi connectivity index (χ4v) is 13.5. The summed E-state index contributed by atoms with van der Waals surface area (Å²) in [6, 6.07) is 68.2. The lowest BCUT2D eigenvalue weighted by molar-refractivity contribution is 0.217. The fourth-order valence-electron chi connectivity index (χ4n) is 13.5. The summed E-state index contributed by atoms with van der Waals surface area (Å²) in [7, 11) is 0. The van der Waals surface area contributed by atoms with Crippen LogP contribution >= 0.6 is 0 Å². The largest absolute Gasteiger partial charge is 0.334 e. The Kier molecular flexibility index (Phi) is 11.3. The third-order valence-corrected chi connectivity index (χ3v) is 18.0. The van der Waals surface area contributed by atoms with Gasteiger partial charge in [0.25, 0.3) is 6.71 Å². The van der Waals surface area contributed by atoms with Gasteiger partial charge in [0.15, 0.2) is 0 Å². The maximum atomic E-state index is 2.85. The molecule has 3 nitrogen and oxygen atoms in total. The average Bonchev–Trinajstić information content (AvgIpc) is 3.57. The summed E-state index contributed by atoms with van der Waals surface area (Å²) < 4.78 is 0. The van der Waals surface area contributed by atoms with Crippen LogP contribution in [0.15, 0.2) is 176 Å². The molecule has 3 aliphatic heterocycles. The zero-order chi connectivity index (χ0) is 51.5. The minimum absolute atomic E-state index is 0.0210. The van der Waals surface area contributed by atoms with Crippen LogP contribution in [-0.4, -0.2) is 12.3 Å². The SMILES string of the molecule is CC(C)(C)c1ccc(N2c3ccc(C(C)(C)C)cc3B3c4ccc(-c5ccccc5)cc4N(c4cccc(-c5ccccc5)c4)c4cc(N5c6ccc(C(C)(C)C)cc6C6(C)CCCCCCC56C)cc2c43)cc1. The molecule has 12 rings (SSSR count). The number of hydrogen-bond acceptors (Lipinski definition) is 3. The molecule has 0 saturated heterocycles. The molecular formula is C70H74BN3. The lowest BCUT2D eigenvalue weighted by atomic mass is 9.33. The Hall–Kier alpha value is -6.78. The molecule has 0 aromatic heterocycles. The Bertz CT molecular complexity index is 3440. The molecule has 1 saturated carbocycles. The second kappa shape index (κ2) is 17.4. The summed E-state index contributed by atoms with van der Waals surface area (Å²) >= 11 is 0. The normalized spacial score (nSPS) is 19.2. The van der Waals surface area contributed by atoms with Crippen LogP contribution in [0.2, 0.25) is 0 Å². The third-order valence-electron chi connectivity index (χ3n) is 18.0. The quantitative estimate of drug-likeness (QED) is 0.159. The highest BCUT2D eigenvalue weighted by molar-refractivity contribution is 7.00. The predicted molar refractivity (Wildman–Crippen MR) is 319 cm³/mol. The van der Waals surface area contributed by atoms with Crippen molar-refractivity contribution in [3.63, 3.8) is 0 Å². The van der Waals surface area contributed by atoms with Gasteiger partial charge in [0.2, 0.25) is 0 Å². The summed E-state index contributed by atoms with van der Waals surface area (Å²) in [6.07, 6.45) is 7.33. The van der Waals surface area contributed by atoms with Crippen LogP contribution in [0, 0.1) is 0 Å². The standard InChI is InChI=1S/C70H74BN3/c1-66(2,3)51-30-34-54(35-31-51)72-61-38-33-53(68(7,8)9)44-59(61)71-58-36-29-50(48-25-18-15-19-26-48)42-62(58)73(55-28-22-27-49(41-55)47-23-16-14-17-24-47)64-46-56(45-63(72)65(64)71)74-60-37-32-52(67(4,5)6)43-57(60)69(10)39-20-12-13-21-40-70(69,74)11/h14-19,22-38,41-46H,12-13,20-21,39-40H2,1-11H3. The fraction of sp³-hybridized carbons (Fsp3) is 0.314. The summed E-state index contributed by atoms with van der Waals surface area (Å²) in [5.74, 6) is 0. The van der Waals surface area contributed by atoms with Crippen molar-refractivity contribution >= 4 is 68.6 Å². The second-order valence-corrected chi connectivity index (χ2v) is 25.7. The Morgan fingerprint density at radius 1 is 0.378 bits per heavy atom. The van der Waals surface area contributed by atoms with Gasteiger partial charge in [-0.1, -0.05) is 216 Å². The molecule has 4 aliphatic rings. The molecule has 8 aromatic carbocycles. The highest BCUT2D eigenvalue weighted by atomic mass is 15.3. The summed E-state index contributed by atoms with van der Waals surface area (Å²) in [4.78, 5) is 8.12. The van der Waals surface area contributed by atoms with Gasteiger partial charge in [0, 0.05) is 50.9 Å². The lowest BCUT2D eigenvalue weighted by Crippen LogP contribution is -2.61. The molecule has 3 heterocycles. The van der Waals surface area contributed by atoms with Gasteiger partial charge < -0.3 is 14.7 Å². The molecule has 0 spiro atoms. The van der Waals surface area contributed by atoms with Gasteiger partial charge in [-0.05, 0) is 152 Å². The Labute approximate surface area is 443 Å². The van der Waals surface area contributed by atoms with E-state index in [9.17, 15) is 0 Å². The van der Waals surface area contributed by atoms with E-state index in [1.54, 1.807) is 0 Å². The van der Waals surface area contributed by atoms with Crippen molar-refractivity contribution in [2.24, 2.45) is 0 Å². The number of fused-ring (bicyclic) bond motifs is 7. The van der Waals surface area contributed by atoms with Crippen LogP contribution in [0.25, 0.3) is 22.3 Å². The molecule has 1 aliphatic carbocycles. The first-order valence-corrected chi connectivity index (χ1v) is 27.7. The first-order chi connectivity index (χ1) is 35.3. The molecule has 0 radical (unpaired) electrons. The lowest BCUT2D eigenvalue weighted by Gasteiger charge is -2.50. The van der Waals surface area contributed by atoms with Crippen LogP contribution in [0.4, 0.5) is 45.5 Å². The van der Waals surface area contributed by atoms with Gasteiger partial charge in [-0.3, -0.25) is 0 Å². The predicted octanol–water partition coefficient (Wildman–Crippen LogP) is 17.5. The minimum atomic E-state index is -0.175. The minimum Gasteiger partial charge on any atom is -0.334 e. The number of hydrogen-bond donors (Lipinski definition) is 0. The van der Waals surface area contributed by atoms with Crippen molar-refractivity contribution in [2.75, 3.05) is 14.7 Å². The number of benzene rings is 8. The Balaban J connectivity index is 1.21. The smallest absolute Gasteiger partial charge is 0.252 e. The van der Waals surface area contributed by atoms with Gasteiger partial charge in [-0.2, -0.15) is 0 Å². The second-order valence-electron chi connectivity index (χ2n) is 25.7. The molecular weight excluding hydrogens is 894 g/mol. The van der Waals surface area contributed by atoms with E-state index in [2.05, 4.69) is 267 Å². The zero-order valence-corrected chi connectivity index (χ0v) is 45.9. The molecule has 0 amide bonds. The van der Waals surface area contributed by atoms with E-state index in [0.29, 0.717) is 0 Å². The maximum absolute atomic E-state index is 2.85. The first-order valence-electron chi connectivity index (χ1n) is 27.7. The molecule has 8 aromatic rings. The third kappa shape index (κ3) is 7.76. The topological polar surface area (TPSA) is 9.72 Å². The monoisotopic (exact) mass is 968 g/mol. The van der Waals surface area contributed by atoms with E-state index in [1.165, 1.54) is 133 Å². The molecule has 372 valence electrons. The van der Waals surface area contributed by atoms with Crippen LogP contribution in [0.5, 0.6) is 0 Å². The molecule has 0 bridgehead atoms. The van der Waals surface area contributed by atoms with Gasteiger partial charge in [-0.15, -0.1) is 0 Å². The number of rotatable bonds is 5. The van der Waals surface area contributed by atoms with Gasteiger partial charge >= 0.3 is 0 Å². The molecule has 4 heteroatoms. The van der Waals surface area contributed by atoms with E-state index in [1.807, 2.05) is 0 Å². The first kappa shape index (κ1) is 48.2. The summed E-state index contributed by atoms with van der Waals surface area (Å²) in [5.41, 5.74) is 24.2. The summed E-state index contributed by atoms with van der Waals surface area (Å²) in [5, 5.41) is 0. The van der Waals surface area contributed by atoms with Crippen LogP contribution in [0.1, 0.15) is 137 Å². The Morgan fingerprint density at radius 2 is 0.919 bits per heavy atom. The van der Waals surface area contributed by atoms with Crippen molar-refractivity contribution in [3.8, 4) is 22.3 Å². The average molecular weight is 968 g/mol. The van der Waals surface area contributed by atoms with Gasteiger partial charge in [0.05, 0.1) is 5.54 Å². The van der Waals surface area contributed by atoms with Crippen molar-refractivity contribution in [2.45, 2.75) is 142 Å². The number of nitrogens with zero attached hydrogens (tertiary/aromatic N) is 3. The van der Waals surface area contributed by atoms with Crippen molar-refractivity contribution in [1.29, 1.82) is 0 Å². The van der Waals surface area contributed by atoms with E-state index < -0.39 is 0 Å². The molecule has 0 N–H and O–H groups in total. The van der Waals surface area contributed by atoms with E-state index >= 15 is 0 Å². The van der Waals surface area contributed by atoms with Crippen LogP contribution < -0.4 is 31.1 Å². The van der Waals surface area contributed by atoms with Crippen LogP contribution in [-0.2, 0) is 21.7 Å². The highest BCUT2D eigenvalue weighted by Crippen LogP contribution is 2.61. The van der Waals surface area contributed by atoms with Crippen LogP contribution in [0.3, 0.4) is 0 Å². The number of anilines is 8. The van der Waals surface area contributed by atoms with E-state index in [-0.39, 0.29) is 33.9 Å². The summed E-state index contributed by atoms with van der Waals surface area (Å²) in [6.45, 7) is 26.4. The van der Waals surface area contributed by atoms with Crippen molar-refractivity contribution < 1.29 is 0 Å². The van der Waals surface area contributed by atoms with E-state index in [0.717, 1.165) is 12.1 Å². The van der Waals surface area contributed by atoms with Gasteiger partial charge in [0.1, 0.15) is 0 Å². The van der Waals surface area contributed by atoms with Crippen molar-refractivity contribution in [1.82, 2.24) is 0 Å². The van der Waals surface area contributed by atoms with Gasteiger partial charge in [-0.25, -0.2) is 0 Å². The molecule has 1 fully saturated rings. The zero-order valence-electron chi connectivity index (χ0n) is 45.9. The molecule has 2 atom stereocenters. The van der Waals surface area contributed by atoms with Crippen molar-refractivity contribution in [3.05, 3.63) is 198 Å². The maximum Gasteiger partial charge on any atom is 0.252 e. The van der Waals surface area contributed by atoms with E-state index in [4.69, 9.17) is 0 Å². The highest BCUT2D eigenvalue weighted by Gasteiger charge is 2.57. The molecule has 74 heavy (non-hydrogen) atoms. The Morgan fingerprint density at radius 3 is 1.54 bits per heavy atom. The molecule has 2 unspecified atom stereocenters.